The Morgan fingerprint density at radius 3 is 2.24 bits per heavy atom. The molecule has 0 amide bonds. The Balaban J connectivity index is 3.38. The van der Waals surface area contributed by atoms with E-state index < -0.39 is 16.0 Å². The molecule has 0 aliphatic carbocycles. The monoisotopic (exact) mass is 318 g/mol. The molecule has 1 aromatic rings. The number of aromatic nitrogens is 1. The lowest BCUT2D eigenvalue weighted by Crippen LogP contribution is -2.38. The van der Waals surface area contributed by atoms with Crippen molar-refractivity contribution in [1.29, 1.82) is 0 Å². The SMILES string of the molecule is CC(C)N(CCO)S(=O)(=O)c1cc(C(=O)O)n(C(C)C)c1. The van der Waals surface area contributed by atoms with Crippen molar-refractivity contribution in [1.82, 2.24) is 8.87 Å². The van der Waals surface area contributed by atoms with Gasteiger partial charge in [0, 0.05) is 24.8 Å². The molecule has 0 aromatic carbocycles. The normalized spacial score (nSPS) is 12.6. The number of hydrogen-bond acceptors (Lipinski definition) is 4. The van der Waals surface area contributed by atoms with E-state index in [4.69, 9.17) is 5.11 Å². The Labute approximate surface area is 124 Å². The van der Waals surface area contributed by atoms with Gasteiger partial charge < -0.3 is 14.8 Å². The zero-order valence-corrected chi connectivity index (χ0v) is 13.5. The van der Waals surface area contributed by atoms with E-state index in [0.717, 1.165) is 10.4 Å². The number of hydrogen-bond donors (Lipinski definition) is 2. The molecule has 0 radical (unpaired) electrons. The van der Waals surface area contributed by atoms with Gasteiger partial charge in [-0.15, -0.1) is 0 Å². The van der Waals surface area contributed by atoms with Gasteiger partial charge in [0.25, 0.3) is 0 Å². The molecule has 2 N–H and O–H groups in total. The Bertz CT molecular complexity index is 604. The Morgan fingerprint density at radius 2 is 1.90 bits per heavy atom. The van der Waals surface area contributed by atoms with Gasteiger partial charge in [-0.3, -0.25) is 0 Å². The molecule has 7 nitrogen and oxygen atoms in total. The lowest BCUT2D eigenvalue weighted by molar-refractivity contribution is 0.0683. The van der Waals surface area contributed by atoms with Crippen LogP contribution in [-0.2, 0) is 10.0 Å². The second kappa shape index (κ2) is 6.59. The zero-order chi connectivity index (χ0) is 16.4. The van der Waals surface area contributed by atoms with E-state index >= 15 is 0 Å². The second-order valence-electron chi connectivity index (χ2n) is 5.30. The summed E-state index contributed by atoms with van der Waals surface area (Å²) in [5, 5.41) is 18.2. The highest BCUT2D eigenvalue weighted by atomic mass is 32.2. The second-order valence-corrected chi connectivity index (χ2v) is 7.19. The summed E-state index contributed by atoms with van der Waals surface area (Å²) in [5.41, 5.74) is -0.0729. The highest BCUT2D eigenvalue weighted by Crippen LogP contribution is 2.23. The molecule has 0 unspecified atom stereocenters. The van der Waals surface area contributed by atoms with E-state index in [2.05, 4.69) is 0 Å². The zero-order valence-electron chi connectivity index (χ0n) is 12.6. The van der Waals surface area contributed by atoms with E-state index in [-0.39, 0.29) is 35.8 Å². The van der Waals surface area contributed by atoms with Gasteiger partial charge in [0.1, 0.15) is 10.6 Å². The maximum Gasteiger partial charge on any atom is 0.352 e. The Hall–Kier alpha value is -1.38. The van der Waals surface area contributed by atoms with Crippen molar-refractivity contribution in [3.63, 3.8) is 0 Å². The minimum absolute atomic E-state index is 0.0325. The number of carbonyl (C=O) groups is 1. The third kappa shape index (κ3) is 3.63. The maximum atomic E-state index is 12.6. The number of carboxylic acid groups (broad SMARTS) is 1. The molecule has 1 aromatic heterocycles. The average molecular weight is 318 g/mol. The summed E-state index contributed by atoms with van der Waals surface area (Å²) in [5.74, 6) is -1.18. The van der Waals surface area contributed by atoms with Crippen LogP contribution in [0, 0.1) is 0 Å². The van der Waals surface area contributed by atoms with Crippen molar-refractivity contribution >= 4 is 16.0 Å². The van der Waals surface area contributed by atoms with Gasteiger partial charge in [-0.25, -0.2) is 13.2 Å². The number of nitrogens with zero attached hydrogens (tertiary/aromatic N) is 2. The molecule has 0 saturated carbocycles. The van der Waals surface area contributed by atoms with E-state index in [9.17, 15) is 18.3 Å². The van der Waals surface area contributed by atoms with E-state index in [0.29, 0.717) is 0 Å². The van der Waals surface area contributed by atoms with Crippen LogP contribution in [0.15, 0.2) is 17.2 Å². The highest BCUT2D eigenvalue weighted by molar-refractivity contribution is 7.89. The minimum atomic E-state index is -3.84. The van der Waals surface area contributed by atoms with Gasteiger partial charge in [0.15, 0.2) is 0 Å². The van der Waals surface area contributed by atoms with Crippen LogP contribution in [0.3, 0.4) is 0 Å². The first kappa shape index (κ1) is 17.7. The molecule has 0 saturated heterocycles. The topological polar surface area (TPSA) is 99.8 Å². The van der Waals surface area contributed by atoms with Crippen molar-refractivity contribution < 1.29 is 23.4 Å². The smallest absolute Gasteiger partial charge is 0.352 e. The van der Waals surface area contributed by atoms with Crippen molar-refractivity contribution in [3.8, 4) is 0 Å². The lowest BCUT2D eigenvalue weighted by Gasteiger charge is -2.24. The predicted molar refractivity (Wildman–Crippen MR) is 77.9 cm³/mol. The first-order chi connectivity index (χ1) is 9.62. The third-order valence-electron chi connectivity index (χ3n) is 3.10. The summed E-state index contributed by atoms with van der Waals surface area (Å²) >= 11 is 0. The molecule has 8 heteroatoms. The molecular weight excluding hydrogens is 296 g/mol. The fourth-order valence-electron chi connectivity index (χ4n) is 2.08. The van der Waals surface area contributed by atoms with Crippen LogP contribution in [0.2, 0.25) is 0 Å². The summed E-state index contributed by atoms with van der Waals surface area (Å²) in [6.07, 6.45) is 1.33. The number of aromatic carboxylic acids is 1. The highest BCUT2D eigenvalue weighted by Gasteiger charge is 2.29. The first-order valence-corrected chi connectivity index (χ1v) is 8.14. The molecule has 1 rings (SSSR count). The standard InChI is InChI=1S/C13H22N2O5S/c1-9(2)14-8-11(7-12(14)13(17)18)21(19,20)15(5-6-16)10(3)4/h7-10,16H,5-6H2,1-4H3,(H,17,18). The quantitative estimate of drug-likeness (QED) is 0.786. The summed E-state index contributed by atoms with van der Waals surface area (Å²) in [6.45, 7) is 6.62. The van der Waals surface area contributed by atoms with Crippen molar-refractivity contribution in [3.05, 3.63) is 18.0 Å². The van der Waals surface area contributed by atoms with Crippen LogP contribution in [0.5, 0.6) is 0 Å². The number of sulfonamides is 1. The predicted octanol–water partition coefficient (Wildman–Crippen LogP) is 1.16. The van der Waals surface area contributed by atoms with E-state index in [1.807, 2.05) is 0 Å². The van der Waals surface area contributed by atoms with Gasteiger partial charge in [-0.2, -0.15) is 4.31 Å². The molecule has 1 heterocycles. The number of aliphatic hydroxyl groups is 1. The van der Waals surface area contributed by atoms with Crippen molar-refractivity contribution in [2.45, 2.75) is 44.7 Å². The molecular formula is C13H22N2O5S. The van der Waals surface area contributed by atoms with Gasteiger partial charge in [0.2, 0.25) is 10.0 Å². The lowest BCUT2D eigenvalue weighted by atomic mass is 10.3. The minimum Gasteiger partial charge on any atom is -0.477 e. The molecule has 120 valence electrons. The first-order valence-electron chi connectivity index (χ1n) is 6.70. The fourth-order valence-corrected chi connectivity index (χ4v) is 3.74. The summed E-state index contributed by atoms with van der Waals surface area (Å²) in [6, 6.07) is 0.646. The van der Waals surface area contributed by atoms with Crippen LogP contribution in [0.1, 0.15) is 44.2 Å². The van der Waals surface area contributed by atoms with Gasteiger partial charge >= 0.3 is 5.97 Å². The number of carboxylic acids is 1. The molecule has 0 atom stereocenters. The van der Waals surface area contributed by atoms with Gasteiger partial charge in [0.05, 0.1) is 6.61 Å². The van der Waals surface area contributed by atoms with Crippen LogP contribution in [0.25, 0.3) is 0 Å². The summed E-state index contributed by atoms with van der Waals surface area (Å²) in [7, 11) is -3.84. The summed E-state index contributed by atoms with van der Waals surface area (Å²) in [4.78, 5) is 11.2. The summed E-state index contributed by atoms with van der Waals surface area (Å²) < 4.78 is 27.7. The largest absolute Gasteiger partial charge is 0.477 e. The third-order valence-corrected chi connectivity index (χ3v) is 5.14. The van der Waals surface area contributed by atoms with Crippen molar-refractivity contribution in [2.24, 2.45) is 0 Å². The fraction of sp³-hybridized carbons (Fsp3) is 0.615. The van der Waals surface area contributed by atoms with Crippen LogP contribution < -0.4 is 0 Å². The Morgan fingerprint density at radius 1 is 1.33 bits per heavy atom. The van der Waals surface area contributed by atoms with Gasteiger partial charge in [-0.1, -0.05) is 0 Å². The molecule has 0 aliphatic rings. The van der Waals surface area contributed by atoms with Crippen LogP contribution in [-0.4, -0.2) is 52.7 Å². The molecule has 0 fully saturated rings. The van der Waals surface area contributed by atoms with E-state index in [1.165, 1.54) is 10.8 Å². The average Bonchev–Trinajstić information content (AvgIpc) is 2.81. The Kier molecular flexibility index (Phi) is 5.54. The molecule has 0 bridgehead atoms. The van der Waals surface area contributed by atoms with Crippen LogP contribution in [0.4, 0.5) is 0 Å². The number of aliphatic hydroxyl groups excluding tert-OH is 1. The molecule has 0 aliphatic heterocycles. The van der Waals surface area contributed by atoms with Crippen molar-refractivity contribution in [2.75, 3.05) is 13.2 Å². The molecule has 21 heavy (non-hydrogen) atoms. The van der Waals surface area contributed by atoms with Crippen LogP contribution >= 0.6 is 0 Å². The van der Waals surface area contributed by atoms with Gasteiger partial charge in [-0.05, 0) is 33.8 Å². The molecule has 0 spiro atoms. The van der Waals surface area contributed by atoms with E-state index in [1.54, 1.807) is 27.7 Å². The number of rotatable bonds is 7. The maximum absolute atomic E-state index is 12.6.